The van der Waals surface area contributed by atoms with Crippen LogP contribution in [0.25, 0.3) is 0 Å². The van der Waals surface area contributed by atoms with E-state index in [4.69, 9.17) is 16.3 Å². The maximum atomic E-state index is 5.79. The highest BCUT2D eigenvalue weighted by Crippen LogP contribution is 2.19. The van der Waals surface area contributed by atoms with Gasteiger partial charge in [-0.15, -0.1) is 0 Å². The molecule has 1 aromatic rings. The Labute approximate surface area is 87.9 Å². The summed E-state index contributed by atoms with van der Waals surface area (Å²) >= 11 is 5.79. The number of likely N-dealkylation sites (N-methyl/N-ethyl adjacent to an activating group) is 1. The number of hydrogen-bond donors (Lipinski definition) is 0. The van der Waals surface area contributed by atoms with Crippen molar-refractivity contribution in [1.82, 2.24) is 9.97 Å². The molecule has 1 aromatic heterocycles. The van der Waals surface area contributed by atoms with E-state index in [-0.39, 0.29) is 0 Å². The number of halogens is 1. The minimum atomic E-state index is 0.404. The van der Waals surface area contributed by atoms with Crippen LogP contribution in [0.15, 0.2) is 12.4 Å². The van der Waals surface area contributed by atoms with Gasteiger partial charge in [-0.05, 0) is 6.42 Å². The quantitative estimate of drug-likeness (QED) is 0.696. The molecule has 1 fully saturated rings. The molecule has 76 valence electrons. The highest BCUT2D eigenvalue weighted by molar-refractivity contribution is 6.29. The zero-order valence-corrected chi connectivity index (χ0v) is 8.74. The fourth-order valence-electron chi connectivity index (χ4n) is 1.53. The van der Waals surface area contributed by atoms with Crippen molar-refractivity contribution in [2.75, 3.05) is 25.2 Å². The molecule has 0 saturated carbocycles. The molecule has 0 bridgehead atoms. The molecule has 0 aliphatic carbocycles. The molecule has 5 heteroatoms. The molecule has 2 rings (SSSR count). The van der Waals surface area contributed by atoms with E-state index in [9.17, 15) is 0 Å². The average molecular weight is 214 g/mol. The molecule has 0 radical (unpaired) electrons. The number of hydrogen-bond acceptors (Lipinski definition) is 4. The predicted octanol–water partition coefficient (Wildman–Crippen LogP) is 1.36. The maximum absolute atomic E-state index is 5.79. The van der Waals surface area contributed by atoms with E-state index in [0.717, 1.165) is 25.5 Å². The van der Waals surface area contributed by atoms with Crippen LogP contribution in [0.3, 0.4) is 0 Å². The van der Waals surface area contributed by atoms with Crippen LogP contribution in [0.5, 0.6) is 0 Å². The van der Waals surface area contributed by atoms with Gasteiger partial charge < -0.3 is 9.64 Å². The molecule has 1 aliphatic heterocycles. The molecule has 1 unspecified atom stereocenters. The summed E-state index contributed by atoms with van der Waals surface area (Å²) in [7, 11) is 2.00. The van der Waals surface area contributed by atoms with Crippen molar-refractivity contribution in [3.05, 3.63) is 17.5 Å². The first-order valence-electron chi connectivity index (χ1n) is 4.55. The minimum absolute atomic E-state index is 0.404. The van der Waals surface area contributed by atoms with E-state index in [2.05, 4.69) is 14.9 Å². The molecule has 14 heavy (non-hydrogen) atoms. The van der Waals surface area contributed by atoms with Crippen LogP contribution in [0.2, 0.25) is 5.15 Å². The Morgan fingerprint density at radius 2 is 2.43 bits per heavy atom. The van der Waals surface area contributed by atoms with Crippen LogP contribution < -0.4 is 4.90 Å². The van der Waals surface area contributed by atoms with Crippen LogP contribution in [-0.2, 0) is 4.74 Å². The van der Waals surface area contributed by atoms with Crippen LogP contribution >= 0.6 is 11.6 Å². The van der Waals surface area contributed by atoms with Crippen molar-refractivity contribution in [3.63, 3.8) is 0 Å². The molecule has 1 atom stereocenters. The lowest BCUT2D eigenvalue weighted by Crippen LogP contribution is -2.32. The Bertz CT molecular complexity index is 315. The number of anilines is 1. The third kappa shape index (κ3) is 1.96. The topological polar surface area (TPSA) is 38.2 Å². The summed E-state index contributed by atoms with van der Waals surface area (Å²) in [6.07, 6.45) is 2.52. The zero-order valence-electron chi connectivity index (χ0n) is 7.98. The normalized spacial score (nSPS) is 21.1. The second-order valence-electron chi connectivity index (χ2n) is 3.33. The van der Waals surface area contributed by atoms with Gasteiger partial charge in [0.1, 0.15) is 17.3 Å². The van der Waals surface area contributed by atoms with Gasteiger partial charge in [0.25, 0.3) is 0 Å². The summed E-state index contributed by atoms with van der Waals surface area (Å²) in [6, 6.07) is 2.17. The molecule has 1 saturated heterocycles. The molecule has 1 aliphatic rings. The zero-order chi connectivity index (χ0) is 9.97. The van der Waals surface area contributed by atoms with Gasteiger partial charge in [0.15, 0.2) is 0 Å². The molecular weight excluding hydrogens is 202 g/mol. The standard InChI is InChI=1S/C9H12ClN3O/c1-13(7-2-3-14-5-7)9-4-8(10)11-6-12-9/h4,6-7H,2-3,5H2,1H3. The third-order valence-electron chi connectivity index (χ3n) is 2.43. The van der Waals surface area contributed by atoms with Crippen molar-refractivity contribution in [3.8, 4) is 0 Å². The predicted molar refractivity (Wildman–Crippen MR) is 54.7 cm³/mol. The van der Waals surface area contributed by atoms with Crippen molar-refractivity contribution in [2.45, 2.75) is 12.5 Å². The van der Waals surface area contributed by atoms with E-state index in [1.165, 1.54) is 6.33 Å². The van der Waals surface area contributed by atoms with Crippen molar-refractivity contribution in [2.24, 2.45) is 0 Å². The number of nitrogens with zero attached hydrogens (tertiary/aromatic N) is 3. The Kier molecular flexibility index (Phi) is 2.84. The second kappa shape index (κ2) is 4.11. The number of aromatic nitrogens is 2. The molecular formula is C9H12ClN3O. The Balaban J connectivity index is 2.13. The monoisotopic (exact) mass is 213 g/mol. The first kappa shape index (κ1) is 9.68. The summed E-state index contributed by atoms with van der Waals surface area (Å²) in [5.41, 5.74) is 0. The van der Waals surface area contributed by atoms with Crippen LogP contribution in [0.4, 0.5) is 5.82 Å². The molecule has 4 nitrogen and oxygen atoms in total. The average Bonchev–Trinajstić information content (AvgIpc) is 2.69. The summed E-state index contributed by atoms with van der Waals surface area (Å²) in [5.74, 6) is 0.848. The largest absolute Gasteiger partial charge is 0.379 e. The van der Waals surface area contributed by atoms with Crippen LogP contribution in [0, 0.1) is 0 Å². The summed E-state index contributed by atoms with van der Waals surface area (Å²) in [6.45, 7) is 1.59. The Morgan fingerprint density at radius 3 is 3.07 bits per heavy atom. The Morgan fingerprint density at radius 1 is 1.57 bits per heavy atom. The summed E-state index contributed by atoms with van der Waals surface area (Å²) in [5, 5.41) is 0.473. The van der Waals surface area contributed by atoms with Gasteiger partial charge in [0, 0.05) is 19.7 Å². The molecule has 0 spiro atoms. The fourth-order valence-corrected chi connectivity index (χ4v) is 1.67. The van der Waals surface area contributed by atoms with Crippen molar-refractivity contribution in [1.29, 1.82) is 0 Å². The molecule has 0 aromatic carbocycles. The summed E-state index contributed by atoms with van der Waals surface area (Å²) in [4.78, 5) is 10.1. The van der Waals surface area contributed by atoms with Gasteiger partial charge in [-0.1, -0.05) is 11.6 Å². The van der Waals surface area contributed by atoms with E-state index >= 15 is 0 Å². The second-order valence-corrected chi connectivity index (χ2v) is 3.71. The third-order valence-corrected chi connectivity index (χ3v) is 2.64. The van der Waals surface area contributed by atoms with E-state index in [1.807, 2.05) is 7.05 Å². The fraction of sp³-hybridized carbons (Fsp3) is 0.556. The van der Waals surface area contributed by atoms with Crippen molar-refractivity contribution < 1.29 is 4.74 Å². The number of rotatable bonds is 2. The van der Waals surface area contributed by atoms with E-state index in [0.29, 0.717) is 11.2 Å². The van der Waals surface area contributed by atoms with Gasteiger partial charge in [-0.2, -0.15) is 0 Å². The lowest BCUT2D eigenvalue weighted by atomic mass is 10.2. The van der Waals surface area contributed by atoms with Gasteiger partial charge >= 0.3 is 0 Å². The van der Waals surface area contributed by atoms with E-state index < -0.39 is 0 Å². The molecule has 0 N–H and O–H groups in total. The number of ether oxygens (including phenoxy) is 1. The van der Waals surface area contributed by atoms with Gasteiger partial charge in [0.05, 0.1) is 12.6 Å². The summed E-state index contributed by atoms with van der Waals surface area (Å²) < 4.78 is 5.31. The highest BCUT2D eigenvalue weighted by atomic mass is 35.5. The van der Waals surface area contributed by atoms with Gasteiger partial charge in [-0.3, -0.25) is 0 Å². The minimum Gasteiger partial charge on any atom is -0.379 e. The van der Waals surface area contributed by atoms with Crippen LogP contribution in [-0.4, -0.2) is 36.3 Å². The first-order valence-corrected chi connectivity index (χ1v) is 4.93. The van der Waals surface area contributed by atoms with E-state index in [1.54, 1.807) is 6.07 Å². The lowest BCUT2D eigenvalue weighted by molar-refractivity contribution is 0.193. The maximum Gasteiger partial charge on any atom is 0.134 e. The van der Waals surface area contributed by atoms with Gasteiger partial charge in [0.2, 0.25) is 0 Å². The van der Waals surface area contributed by atoms with Crippen LogP contribution in [0.1, 0.15) is 6.42 Å². The highest BCUT2D eigenvalue weighted by Gasteiger charge is 2.21. The molecule has 0 amide bonds. The molecule has 2 heterocycles. The van der Waals surface area contributed by atoms with Crippen molar-refractivity contribution >= 4 is 17.4 Å². The first-order chi connectivity index (χ1) is 6.77. The SMILES string of the molecule is CN(c1cc(Cl)ncn1)C1CCOC1. The van der Waals surface area contributed by atoms with Gasteiger partial charge in [-0.25, -0.2) is 9.97 Å². The smallest absolute Gasteiger partial charge is 0.134 e. The Hall–Kier alpha value is -0.870. The lowest BCUT2D eigenvalue weighted by Gasteiger charge is -2.23.